The van der Waals surface area contributed by atoms with Crippen molar-refractivity contribution in [3.05, 3.63) is 5.53 Å². The number of hydrogen-bond acceptors (Lipinski definition) is 2. The molecule has 70 valence electrons. The Kier molecular flexibility index (Phi) is 2.30. The number of nitrogens with zero attached hydrogens (tertiary/aromatic N) is 2. The van der Waals surface area contributed by atoms with Gasteiger partial charge in [0.05, 0.1) is 6.42 Å². The summed E-state index contributed by atoms with van der Waals surface area (Å²) in [6, 6.07) is 0. The molecule has 0 bridgehead atoms. The predicted molar refractivity (Wildman–Crippen MR) is 43.2 cm³/mol. The van der Waals surface area contributed by atoms with Gasteiger partial charge in [-0.15, -0.1) is 0 Å². The van der Waals surface area contributed by atoms with Crippen LogP contribution in [0.5, 0.6) is 0 Å². The van der Waals surface area contributed by atoms with Crippen molar-refractivity contribution in [3.8, 4) is 0 Å². The second-order valence-corrected chi connectivity index (χ2v) is 3.37. The van der Waals surface area contributed by atoms with Crippen molar-refractivity contribution in [1.82, 2.24) is 0 Å². The van der Waals surface area contributed by atoms with Crippen LogP contribution in [0.3, 0.4) is 0 Å². The molecule has 0 aromatic carbocycles. The van der Waals surface area contributed by atoms with E-state index in [1.54, 1.807) is 0 Å². The molecule has 0 heterocycles. The molecule has 5 heteroatoms. The van der Waals surface area contributed by atoms with E-state index in [4.69, 9.17) is 10.6 Å². The van der Waals surface area contributed by atoms with Crippen LogP contribution < -0.4 is 0 Å². The van der Waals surface area contributed by atoms with Crippen LogP contribution in [0.25, 0.3) is 5.53 Å². The molecule has 0 spiro atoms. The molecule has 1 rings (SSSR count). The lowest BCUT2D eigenvalue weighted by Crippen LogP contribution is -2.44. The molecule has 1 N–H and O–H groups in total. The van der Waals surface area contributed by atoms with Gasteiger partial charge in [-0.25, -0.2) is 0 Å². The van der Waals surface area contributed by atoms with Crippen LogP contribution in [-0.4, -0.2) is 27.4 Å². The molecule has 1 aliphatic carbocycles. The molecule has 1 unspecified atom stereocenters. The highest BCUT2D eigenvalue weighted by Gasteiger charge is 2.49. The van der Waals surface area contributed by atoms with Gasteiger partial charge in [-0.2, -0.15) is 4.79 Å². The largest absolute Gasteiger partial charge is 0.480 e. The molecular formula is C8H10N2O3. The number of Topliss-reactive ketones (excluding diaryl/α,β-unsaturated/α-hetero) is 1. The first kappa shape index (κ1) is 9.61. The van der Waals surface area contributed by atoms with Crippen LogP contribution in [0.2, 0.25) is 0 Å². The lowest BCUT2D eigenvalue weighted by atomic mass is 9.74. The van der Waals surface area contributed by atoms with Crippen LogP contribution in [0, 0.1) is 5.41 Å². The molecule has 13 heavy (non-hydrogen) atoms. The zero-order chi connectivity index (χ0) is 10.1. The molecule has 0 radical (unpaired) electrons. The van der Waals surface area contributed by atoms with Gasteiger partial charge < -0.3 is 10.6 Å². The zero-order valence-electron chi connectivity index (χ0n) is 7.28. The van der Waals surface area contributed by atoms with E-state index in [1.807, 2.05) is 0 Å². The fourth-order valence-electron chi connectivity index (χ4n) is 1.45. The summed E-state index contributed by atoms with van der Waals surface area (Å²) in [4.78, 5) is 25.0. The maximum atomic E-state index is 11.4. The van der Waals surface area contributed by atoms with E-state index in [0.29, 0.717) is 19.3 Å². The van der Waals surface area contributed by atoms with Crippen molar-refractivity contribution >= 4 is 17.5 Å². The molecular weight excluding hydrogens is 172 g/mol. The first-order valence-electron chi connectivity index (χ1n) is 4.01. The number of ketones is 1. The molecule has 0 amide bonds. The summed E-state index contributed by atoms with van der Waals surface area (Å²) < 4.78 is 0. The molecule has 1 saturated carbocycles. The Morgan fingerprint density at radius 3 is 2.77 bits per heavy atom. The zero-order valence-corrected chi connectivity index (χ0v) is 7.28. The summed E-state index contributed by atoms with van der Waals surface area (Å²) in [5.74, 6) is -1.73. The van der Waals surface area contributed by atoms with Crippen LogP contribution in [0.1, 0.15) is 26.2 Å². The minimum atomic E-state index is -1.40. The summed E-state index contributed by atoms with van der Waals surface area (Å²) in [7, 11) is 0. The normalized spacial score (nSPS) is 28.4. The van der Waals surface area contributed by atoms with Crippen LogP contribution in [0.4, 0.5) is 0 Å². The second-order valence-electron chi connectivity index (χ2n) is 3.37. The van der Waals surface area contributed by atoms with E-state index in [-0.39, 0.29) is 5.71 Å². The molecule has 1 atom stereocenters. The average Bonchev–Trinajstić information content (AvgIpc) is 2.09. The topological polar surface area (TPSA) is 90.8 Å². The lowest BCUT2D eigenvalue weighted by Gasteiger charge is -2.24. The Hall–Kier alpha value is -1.48. The first-order valence-corrected chi connectivity index (χ1v) is 4.01. The van der Waals surface area contributed by atoms with Crippen molar-refractivity contribution in [1.29, 1.82) is 0 Å². The average molecular weight is 182 g/mol. The van der Waals surface area contributed by atoms with Gasteiger partial charge in [-0.05, 0) is 19.8 Å². The van der Waals surface area contributed by atoms with Crippen LogP contribution in [0.15, 0.2) is 0 Å². The van der Waals surface area contributed by atoms with Gasteiger partial charge in [0, 0.05) is 0 Å². The number of carbonyl (C=O) groups is 2. The van der Waals surface area contributed by atoms with E-state index < -0.39 is 17.2 Å². The van der Waals surface area contributed by atoms with E-state index >= 15 is 0 Å². The fraction of sp³-hybridized carbons (Fsp3) is 0.625. The maximum Gasteiger partial charge on any atom is 0.335 e. The van der Waals surface area contributed by atoms with Gasteiger partial charge in [0.2, 0.25) is 0 Å². The third-order valence-electron chi connectivity index (χ3n) is 2.45. The molecule has 0 saturated heterocycles. The monoisotopic (exact) mass is 182 g/mol. The SMILES string of the molecule is CC1(C(=O)O)CCCC(=[N+]=[N-])C1=O. The Morgan fingerprint density at radius 2 is 2.31 bits per heavy atom. The van der Waals surface area contributed by atoms with Crippen LogP contribution >= 0.6 is 0 Å². The van der Waals surface area contributed by atoms with Crippen molar-refractivity contribution in [2.45, 2.75) is 26.2 Å². The maximum absolute atomic E-state index is 11.4. The van der Waals surface area contributed by atoms with E-state index in [2.05, 4.69) is 4.79 Å². The first-order chi connectivity index (χ1) is 6.02. The van der Waals surface area contributed by atoms with Crippen molar-refractivity contribution in [3.63, 3.8) is 0 Å². The highest BCUT2D eigenvalue weighted by molar-refractivity contribution is 6.43. The number of carboxylic acids is 1. The minimum Gasteiger partial charge on any atom is -0.480 e. The fourth-order valence-corrected chi connectivity index (χ4v) is 1.45. The summed E-state index contributed by atoms with van der Waals surface area (Å²) in [6.45, 7) is 1.36. The Morgan fingerprint density at radius 1 is 1.69 bits per heavy atom. The quantitative estimate of drug-likeness (QED) is 0.363. The smallest absolute Gasteiger partial charge is 0.335 e. The molecule has 0 aliphatic heterocycles. The Bertz CT molecular complexity index is 317. The highest BCUT2D eigenvalue weighted by atomic mass is 16.4. The number of hydrogen-bond donors (Lipinski definition) is 1. The van der Waals surface area contributed by atoms with E-state index in [0.717, 1.165) is 0 Å². The molecule has 1 aliphatic rings. The number of aliphatic carboxylic acids is 1. The third kappa shape index (κ3) is 1.38. The lowest BCUT2D eigenvalue weighted by molar-refractivity contribution is -0.154. The number of rotatable bonds is 1. The second kappa shape index (κ2) is 3.11. The standard InChI is InChI=1S/C8H10N2O3/c1-8(7(12)13)4-2-3-5(10-9)6(8)11/h2-4H2,1H3,(H,12,13). The Balaban J connectivity index is 3.08. The number of carbonyl (C=O) groups excluding carboxylic acids is 1. The molecule has 5 nitrogen and oxygen atoms in total. The summed E-state index contributed by atoms with van der Waals surface area (Å²) in [6.07, 6.45) is 1.23. The van der Waals surface area contributed by atoms with Gasteiger partial charge in [-0.3, -0.25) is 9.59 Å². The van der Waals surface area contributed by atoms with E-state index in [9.17, 15) is 9.59 Å². The minimum absolute atomic E-state index is 0.0313. The van der Waals surface area contributed by atoms with Gasteiger partial charge >= 0.3 is 11.7 Å². The highest BCUT2D eigenvalue weighted by Crippen LogP contribution is 2.31. The van der Waals surface area contributed by atoms with E-state index in [1.165, 1.54) is 6.92 Å². The molecule has 0 aromatic heterocycles. The Labute approximate surface area is 75.0 Å². The third-order valence-corrected chi connectivity index (χ3v) is 2.45. The predicted octanol–water partition coefficient (Wildman–Crippen LogP) is 0.501. The summed E-state index contributed by atoms with van der Waals surface area (Å²) in [5.41, 5.74) is 7.02. The van der Waals surface area contributed by atoms with Crippen molar-refractivity contribution < 1.29 is 19.5 Å². The number of carboxylic acid groups (broad SMARTS) is 1. The van der Waals surface area contributed by atoms with Crippen LogP contribution in [-0.2, 0) is 9.59 Å². The summed E-state index contributed by atoms with van der Waals surface area (Å²) in [5, 5.41) is 8.82. The van der Waals surface area contributed by atoms with Crippen molar-refractivity contribution in [2.24, 2.45) is 5.41 Å². The molecule has 1 fully saturated rings. The van der Waals surface area contributed by atoms with Crippen molar-refractivity contribution in [2.75, 3.05) is 0 Å². The van der Waals surface area contributed by atoms with Gasteiger partial charge in [0.1, 0.15) is 5.41 Å². The molecule has 0 aromatic rings. The summed E-state index contributed by atoms with van der Waals surface area (Å²) >= 11 is 0. The van der Waals surface area contributed by atoms with Gasteiger partial charge in [0.25, 0.3) is 5.78 Å². The van der Waals surface area contributed by atoms with Gasteiger partial charge in [-0.1, -0.05) is 0 Å². The van der Waals surface area contributed by atoms with Gasteiger partial charge in [0.15, 0.2) is 0 Å².